The number of ether oxygens (including phenoxy) is 3. The average Bonchev–Trinajstić information content (AvgIpc) is 2.80. The van der Waals surface area contributed by atoms with Crippen LogP contribution < -0.4 is 4.74 Å². The number of hydrogen-bond acceptors (Lipinski definition) is 4. The highest BCUT2D eigenvalue weighted by molar-refractivity contribution is 5.79. The summed E-state index contributed by atoms with van der Waals surface area (Å²) in [7, 11) is 0. The van der Waals surface area contributed by atoms with Gasteiger partial charge in [0, 0.05) is 12.2 Å². The molecule has 0 amide bonds. The van der Waals surface area contributed by atoms with Gasteiger partial charge in [0.1, 0.15) is 5.75 Å². The number of carbonyl (C=O) groups excluding carboxylic acids is 1. The molecule has 1 saturated carbocycles. The van der Waals surface area contributed by atoms with Gasteiger partial charge in [-0.05, 0) is 55.6 Å². The van der Waals surface area contributed by atoms with Crippen molar-refractivity contribution in [1.82, 2.24) is 0 Å². The third-order valence-electron chi connectivity index (χ3n) is 8.21. The summed E-state index contributed by atoms with van der Waals surface area (Å²) in [5, 5.41) is 0. The van der Waals surface area contributed by atoms with Crippen LogP contribution in [0.25, 0.3) is 0 Å². The van der Waals surface area contributed by atoms with Crippen LogP contribution in [-0.2, 0) is 19.9 Å². The lowest BCUT2D eigenvalue weighted by Crippen LogP contribution is -2.57. The van der Waals surface area contributed by atoms with Gasteiger partial charge in [-0.2, -0.15) is 26.3 Å². The maximum absolute atomic E-state index is 14.3. The lowest BCUT2D eigenvalue weighted by atomic mass is 9.61. The van der Waals surface area contributed by atoms with Crippen molar-refractivity contribution in [3.8, 4) is 5.75 Å². The van der Waals surface area contributed by atoms with Crippen LogP contribution in [0.2, 0.25) is 0 Å². The molecule has 0 bridgehead atoms. The van der Waals surface area contributed by atoms with Crippen LogP contribution in [0.5, 0.6) is 5.75 Å². The molecule has 2 unspecified atom stereocenters. The van der Waals surface area contributed by atoms with Gasteiger partial charge >= 0.3 is 18.3 Å². The number of carbonyl (C=O) groups is 1. The summed E-state index contributed by atoms with van der Waals surface area (Å²) in [5.41, 5.74) is -7.61. The van der Waals surface area contributed by atoms with Crippen molar-refractivity contribution in [2.24, 2.45) is 22.2 Å². The number of halogens is 6. The van der Waals surface area contributed by atoms with Crippen molar-refractivity contribution in [2.75, 3.05) is 6.61 Å². The molecule has 0 N–H and O–H groups in total. The van der Waals surface area contributed by atoms with Gasteiger partial charge in [0.25, 0.3) is 5.60 Å². The normalized spacial score (nSPS) is 18.6. The second-order valence-electron chi connectivity index (χ2n) is 13.8. The van der Waals surface area contributed by atoms with Crippen molar-refractivity contribution in [2.45, 2.75) is 125 Å². The molecule has 10 heteroatoms. The fourth-order valence-corrected chi connectivity index (χ4v) is 5.53. The van der Waals surface area contributed by atoms with E-state index in [4.69, 9.17) is 14.2 Å². The second kappa shape index (κ2) is 12.8. The Labute approximate surface area is 240 Å². The average molecular weight is 597 g/mol. The molecule has 1 aromatic rings. The lowest BCUT2D eigenvalue weighted by Gasteiger charge is -2.43. The van der Waals surface area contributed by atoms with E-state index in [-0.39, 0.29) is 17.8 Å². The Balaban J connectivity index is 2.32. The molecule has 2 atom stereocenters. The largest absolute Gasteiger partial charge is 0.430 e. The summed E-state index contributed by atoms with van der Waals surface area (Å²) in [5.74, 6) is -0.454. The van der Waals surface area contributed by atoms with Gasteiger partial charge in [-0.3, -0.25) is 4.79 Å². The fraction of sp³-hybridized carbons (Fsp3) is 0.774. The Morgan fingerprint density at radius 2 is 1.37 bits per heavy atom. The Morgan fingerprint density at radius 3 is 1.80 bits per heavy atom. The van der Waals surface area contributed by atoms with E-state index in [1.54, 1.807) is 6.92 Å². The Morgan fingerprint density at radius 1 is 0.854 bits per heavy atom. The molecular formula is C31H46F6O4. The monoisotopic (exact) mass is 596 g/mol. The molecule has 4 nitrogen and oxygen atoms in total. The summed E-state index contributed by atoms with van der Waals surface area (Å²) in [6, 6.07) is 3.13. The first-order valence-electron chi connectivity index (χ1n) is 14.3. The Kier molecular flexibility index (Phi) is 11.1. The summed E-state index contributed by atoms with van der Waals surface area (Å²) < 4.78 is 101. The van der Waals surface area contributed by atoms with Gasteiger partial charge in [-0.25, -0.2) is 0 Å². The molecule has 1 aliphatic carbocycles. The molecule has 0 radical (unpaired) electrons. The van der Waals surface area contributed by atoms with Gasteiger partial charge in [0.2, 0.25) is 0 Å². The third-order valence-corrected chi connectivity index (χ3v) is 8.21. The van der Waals surface area contributed by atoms with E-state index >= 15 is 0 Å². The van der Waals surface area contributed by atoms with Gasteiger partial charge in [0.15, 0.2) is 6.29 Å². The standard InChI is InChI=1S/C31H46F6O4/c1-21(39-19-18-22-12-10-9-11-13-22)41-29(30(32,33)34,31(35,36)37)23-14-16-24(17-15-23)40-25(38)28(8,27(5,6)7)20-26(2,3)4/h14-17,21-22H,9-13,18-20H2,1-8H3. The highest BCUT2D eigenvalue weighted by Crippen LogP contribution is 2.54. The molecule has 0 aromatic heterocycles. The number of rotatable bonds is 10. The van der Waals surface area contributed by atoms with E-state index in [0.29, 0.717) is 30.9 Å². The number of benzene rings is 1. The smallest absolute Gasteiger partial charge is 0.426 e. The Hall–Kier alpha value is -1.81. The predicted molar refractivity (Wildman–Crippen MR) is 145 cm³/mol. The predicted octanol–water partition coefficient (Wildman–Crippen LogP) is 9.75. The maximum atomic E-state index is 14.3. The molecule has 1 aliphatic rings. The molecule has 1 fully saturated rings. The van der Waals surface area contributed by atoms with Gasteiger partial charge in [-0.15, -0.1) is 0 Å². The van der Waals surface area contributed by atoms with E-state index in [2.05, 4.69) is 0 Å². The summed E-state index contributed by atoms with van der Waals surface area (Å²) >= 11 is 0. The van der Waals surface area contributed by atoms with Gasteiger partial charge in [-0.1, -0.05) is 85.8 Å². The van der Waals surface area contributed by atoms with Crippen molar-refractivity contribution < 1.29 is 45.3 Å². The summed E-state index contributed by atoms with van der Waals surface area (Å²) in [6.45, 7) is 14.3. The molecule has 236 valence electrons. The lowest BCUT2D eigenvalue weighted by molar-refractivity contribution is -0.415. The van der Waals surface area contributed by atoms with Crippen LogP contribution in [0.15, 0.2) is 24.3 Å². The first-order chi connectivity index (χ1) is 18.5. The minimum absolute atomic E-state index is 0.00632. The van der Waals surface area contributed by atoms with Crippen LogP contribution in [-0.4, -0.2) is 31.2 Å². The zero-order valence-corrected chi connectivity index (χ0v) is 25.5. The highest BCUT2D eigenvalue weighted by atomic mass is 19.4. The first-order valence-corrected chi connectivity index (χ1v) is 14.3. The Bertz CT molecular complexity index is 968. The van der Waals surface area contributed by atoms with Crippen molar-refractivity contribution in [3.63, 3.8) is 0 Å². The molecule has 0 spiro atoms. The van der Waals surface area contributed by atoms with E-state index < -0.39 is 46.6 Å². The number of alkyl halides is 6. The topological polar surface area (TPSA) is 44.8 Å². The molecule has 2 rings (SSSR count). The molecule has 41 heavy (non-hydrogen) atoms. The van der Waals surface area contributed by atoms with E-state index in [1.165, 1.54) is 0 Å². The van der Waals surface area contributed by atoms with E-state index in [1.807, 2.05) is 41.5 Å². The zero-order valence-electron chi connectivity index (χ0n) is 25.5. The molecule has 0 heterocycles. The third kappa shape index (κ3) is 8.62. The number of hydrogen-bond donors (Lipinski definition) is 0. The van der Waals surface area contributed by atoms with Crippen LogP contribution in [0, 0.1) is 22.2 Å². The van der Waals surface area contributed by atoms with E-state index in [0.717, 1.165) is 51.2 Å². The molecule has 0 saturated heterocycles. The molecular weight excluding hydrogens is 550 g/mol. The van der Waals surface area contributed by atoms with Crippen molar-refractivity contribution in [3.05, 3.63) is 29.8 Å². The van der Waals surface area contributed by atoms with Crippen LogP contribution in [0.4, 0.5) is 26.3 Å². The first kappa shape index (κ1) is 35.4. The SMILES string of the molecule is CC(OCCC1CCCCC1)OC(c1ccc(OC(=O)C(C)(CC(C)(C)C)C(C)(C)C)cc1)(C(F)(F)F)C(F)(F)F. The van der Waals surface area contributed by atoms with Gasteiger partial charge in [0.05, 0.1) is 5.41 Å². The fourth-order valence-electron chi connectivity index (χ4n) is 5.53. The maximum Gasteiger partial charge on any atom is 0.430 e. The summed E-state index contributed by atoms with van der Waals surface area (Å²) in [4.78, 5) is 13.3. The molecule has 0 aliphatic heterocycles. The van der Waals surface area contributed by atoms with Crippen LogP contribution >= 0.6 is 0 Å². The van der Waals surface area contributed by atoms with Crippen LogP contribution in [0.1, 0.15) is 106 Å². The quantitative estimate of drug-likeness (QED) is 0.117. The summed E-state index contributed by atoms with van der Waals surface area (Å²) in [6.07, 6.45) is -7.35. The minimum atomic E-state index is -5.86. The highest BCUT2D eigenvalue weighted by Gasteiger charge is 2.74. The molecule has 1 aromatic carbocycles. The minimum Gasteiger partial charge on any atom is -0.426 e. The second-order valence-corrected chi connectivity index (χ2v) is 13.8. The van der Waals surface area contributed by atoms with Crippen molar-refractivity contribution >= 4 is 5.97 Å². The van der Waals surface area contributed by atoms with Crippen LogP contribution in [0.3, 0.4) is 0 Å². The van der Waals surface area contributed by atoms with Crippen molar-refractivity contribution in [1.29, 1.82) is 0 Å². The van der Waals surface area contributed by atoms with E-state index in [9.17, 15) is 31.1 Å². The zero-order chi connectivity index (χ0) is 31.5. The van der Waals surface area contributed by atoms with Gasteiger partial charge < -0.3 is 14.2 Å². The number of esters is 1.